The Kier molecular flexibility index (Phi) is 4.80. The molecular formula is C13H25N3O. The van der Waals surface area contributed by atoms with Gasteiger partial charge in [0.1, 0.15) is 0 Å². The topological polar surface area (TPSA) is 35.6 Å². The number of carbonyl (C=O) groups is 1. The number of hydrogen-bond acceptors (Lipinski definition) is 3. The molecule has 0 aromatic carbocycles. The van der Waals surface area contributed by atoms with Gasteiger partial charge in [-0.2, -0.15) is 0 Å². The van der Waals surface area contributed by atoms with Gasteiger partial charge >= 0.3 is 0 Å². The molecule has 0 radical (unpaired) electrons. The molecule has 2 saturated heterocycles. The van der Waals surface area contributed by atoms with E-state index in [-0.39, 0.29) is 6.04 Å². The molecule has 0 spiro atoms. The van der Waals surface area contributed by atoms with Crippen LogP contribution >= 0.6 is 0 Å². The second-order valence-electron chi connectivity index (χ2n) is 5.20. The zero-order chi connectivity index (χ0) is 12.1. The van der Waals surface area contributed by atoms with Crippen LogP contribution in [0.15, 0.2) is 0 Å². The van der Waals surface area contributed by atoms with E-state index in [9.17, 15) is 4.79 Å². The molecule has 4 nitrogen and oxygen atoms in total. The van der Waals surface area contributed by atoms with Crippen LogP contribution in [0.1, 0.15) is 32.6 Å². The third-order valence-electron chi connectivity index (χ3n) is 3.97. The highest BCUT2D eigenvalue weighted by Gasteiger charge is 2.26. The average Bonchev–Trinajstić information content (AvgIpc) is 2.67. The first-order valence-electron chi connectivity index (χ1n) is 7.02. The second-order valence-corrected chi connectivity index (χ2v) is 5.20. The fraction of sp³-hybridized carbons (Fsp3) is 0.923. The van der Waals surface area contributed by atoms with E-state index in [0.29, 0.717) is 5.91 Å². The van der Waals surface area contributed by atoms with Crippen LogP contribution < -0.4 is 5.32 Å². The lowest BCUT2D eigenvalue weighted by atomic mass is 10.2. The third-order valence-corrected chi connectivity index (χ3v) is 3.97. The van der Waals surface area contributed by atoms with Gasteiger partial charge < -0.3 is 10.2 Å². The Labute approximate surface area is 104 Å². The van der Waals surface area contributed by atoms with Crippen LogP contribution in [0.5, 0.6) is 0 Å². The number of nitrogens with zero attached hydrogens (tertiary/aromatic N) is 2. The van der Waals surface area contributed by atoms with Crippen molar-refractivity contribution in [3.05, 3.63) is 0 Å². The van der Waals surface area contributed by atoms with Gasteiger partial charge in [-0.25, -0.2) is 0 Å². The minimum atomic E-state index is 0.0650. The number of likely N-dealkylation sites (tertiary alicyclic amines) is 1. The number of carbonyl (C=O) groups excluding carboxylic acids is 1. The highest BCUT2D eigenvalue weighted by Crippen LogP contribution is 2.13. The van der Waals surface area contributed by atoms with Crippen LogP contribution in [-0.4, -0.2) is 61.0 Å². The molecule has 0 aliphatic carbocycles. The minimum Gasteiger partial charge on any atom is -0.341 e. The lowest BCUT2D eigenvalue weighted by molar-refractivity contribution is -0.136. The molecular weight excluding hydrogens is 214 g/mol. The summed E-state index contributed by atoms with van der Waals surface area (Å²) in [5.41, 5.74) is 0. The number of rotatable bonds is 2. The molecule has 1 atom stereocenters. The lowest BCUT2D eigenvalue weighted by Crippen LogP contribution is -2.53. The van der Waals surface area contributed by atoms with Crippen molar-refractivity contribution < 1.29 is 4.79 Å². The molecule has 1 amide bonds. The van der Waals surface area contributed by atoms with Crippen molar-refractivity contribution in [2.24, 2.45) is 0 Å². The maximum absolute atomic E-state index is 12.4. The molecule has 2 fully saturated rings. The third kappa shape index (κ3) is 3.42. The van der Waals surface area contributed by atoms with Crippen LogP contribution in [0, 0.1) is 0 Å². The Hall–Kier alpha value is -0.610. The number of amides is 1. The van der Waals surface area contributed by atoms with Crippen LogP contribution in [0.4, 0.5) is 0 Å². The van der Waals surface area contributed by atoms with E-state index in [1.165, 1.54) is 25.7 Å². The zero-order valence-electron chi connectivity index (χ0n) is 11.0. The summed E-state index contributed by atoms with van der Waals surface area (Å²) in [6, 6.07) is 0.0650. The molecule has 2 heterocycles. The van der Waals surface area contributed by atoms with Crippen molar-refractivity contribution in [3.63, 3.8) is 0 Å². The van der Waals surface area contributed by atoms with Crippen molar-refractivity contribution >= 4 is 5.91 Å². The number of nitrogens with one attached hydrogen (secondary N) is 1. The van der Waals surface area contributed by atoms with Gasteiger partial charge in [0.25, 0.3) is 0 Å². The molecule has 0 aromatic rings. The van der Waals surface area contributed by atoms with E-state index in [1.54, 1.807) is 0 Å². The van der Waals surface area contributed by atoms with Gasteiger partial charge in [0.2, 0.25) is 5.91 Å². The summed E-state index contributed by atoms with van der Waals surface area (Å²) in [6.45, 7) is 8.03. The normalized spacial score (nSPS) is 25.4. The van der Waals surface area contributed by atoms with E-state index in [4.69, 9.17) is 0 Å². The maximum atomic E-state index is 12.4. The van der Waals surface area contributed by atoms with Crippen molar-refractivity contribution in [3.8, 4) is 0 Å². The van der Waals surface area contributed by atoms with E-state index in [0.717, 1.165) is 39.3 Å². The SMILES string of the molecule is CC(C(=O)N1CCCCCC1)N1CCNCC1. The standard InChI is InChI=1S/C13H25N3O/c1-12(15-10-6-14-7-11-15)13(17)16-8-4-2-3-5-9-16/h12,14H,2-11H2,1H3. The largest absolute Gasteiger partial charge is 0.341 e. The predicted octanol–water partition coefficient (Wildman–Crippen LogP) is 0.683. The van der Waals surface area contributed by atoms with Crippen molar-refractivity contribution in [2.45, 2.75) is 38.6 Å². The van der Waals surface area contributed by atoms with Gasteiger partial charge in [0, 0.05) is 39.3 Å². The van der Waals surface area contributed by atoms with Crippen molar-refractivity contribution in [1.82, 2.24) is 15.1 Å². The van der Waals surface area contributed by atoms with E-state index >= 15 is 0 Å². The van der Waals surface area contributed by atoms with Gasteiger partial charge in [0.15, 0.2) is 0 Å². The summed E-state index contributed by atoms with van der Waals surface area (Å²) >= 11 is 0. The molecule has 98 valence electrons. The first-order chi connectivity index (χ1) is 8.29. The maximum Gasteiger partial charge on any atom is 0.239 e. The van der Waals surface area contributed by atoms with Crippen LogP contribution in [0.2, 0.25) is 0 Å². The Balaban J connectivity index is 1.88. The summed E-state index contributed by atoms with van der Waals surface area (Å²) in [6.07, 6.45) is 4.93. The van der Waals surface area contributed by atoms with E-state index < -0.39 is 0 Å². The molecule has 0 bridgehead atoms. The number of piperazine rings is 1. The minimum absolute atomic E-state index is 0.0650. The summed E-state index contributed by atoms with van der Waals surface area (Å²) in [7, 11) is 0. The number of hydrogen-bond donors (Lipinski definition) is 1. The smallest absolute Gasteiger partial charge is 0.239 e. The molecule has 1 unspecified atom stereocenters. The van der Waals surface area contributed by atoms with Gasteiger partial charge in [-0.3, -0.25) is 9.69 Å². The predicted molar refractivity (Wildman–Crippen MR) is 69.0 cm³/mol. The Bertz CT molecular complexity index is 243. The molecule has 2 aliphatic rings. The molecule has 0 aromatic heterocycles. The Morgan fingerprint density at radius 2 is 1.59 bits per heavy atom. The summed E-state index contributed by atoms with van der Waals surface area (Å²) in [5, 5.41) is 3.33. The molecule has 2 aliphatic heterocycles. The van der Waals surface area contributed by atoms with Crippen LogP contribution in [-0.2, 0) is 4.79 Å². The van der Waals surface area contributed by atoms with Crippen LogP contribution in [0.3, 0.4) is 0 Å². The van der Waals surface area contributed by atoms with Gasteiger partial charge in [-0.15, -0.1) is 0 Å². The molecule has 0 saturated carbocycles. The van der Waals surface area contributed by atoms with Gasteiger partial charge in [-0.1, -0.05) is 12.8 Å². The lowest BCUT2D eigenvalue weighted by Gasteiger charge is -2.34. The Morgan fingerprint density at radius 1 is 1.00 bits per heavy atom. The summed E-state index contributed by atoms with van der Waals surface area (Å²) in [5.74, 6) is 0.341. The monoisotopic (exact) mass is 239 g/mol. The fourth-order valence-electron chi connectivity index (χ4n) is 2.78. The van der Waals surface area contributed by atoms with Crippen LogP contribution in [0.25, 0.3) is 0 Å². The van der Waals surface area contributed by atoms with Gasteiger partial charge in [-0.05, 0) is 19.8 Å². The first-order valence-corrected chi connectivity index (χ1v) is 7.02. The summed E-state index contributed by atoms with van der Waals surface area (Å²) in [4.78, 5) is 16.8. The summed E-state index contributed by atoms with van der Waals surface area (Å²) < 4.78 is 0. The van der Waals surface area contributed by atoms with E-state index in [2.05, 4.69) is 22.0 Å². The second kappa shape index (κ2) is 6.36. The van der Waals surface area contributed by atoms with Crippen molar-refractivity contribution in [1.29, 1.82) is 0 Å². The fourth-order valence-corrected chi connectivity index (χ4v) is 2.78. The Morgan fingerprint density at radius 3 is 2.18 bits per heavy atom. The average molecular weight is 239 g/mol. The highest BCUT2D eigenvalue weighted by molar-refractivity contribution is 5.81. The highest BCUT2D eigenvalue weighted by atomic mass is 16.2. The molecule has 2 rings (SSSR count). The molecule has 4 heteroatoms. The zero-order valence-corrected chi connectivity index (χ0v) is 11.0. The molecule has 1 N–H and O–H groups in total. The van der Waals surface area contributed by atoms with Gasteiger partial charge in [0.05, 0.1) is 6.04 Å². The molecule has 17 heavy (non-hydrogen) atoms. The van der Waals surface area contributed by atoms with Crippen molar-refractivity contribution in [2.75, 3.05) is 39.3 Å². The van der Waals surface area contributed by atoms with E-state index in [1.807, 2.05) is 0 Å². The first kappa shape index (κ1) is 12.8. The quantitative estimate of drug-likeness (QED) is 0.770.